The second kappa shape index (κ2) is 26.0. The van der Waals surface area contributed by atoms with Crippen molar-refractivity contribution in [2.24, 2.45) is 5.92 Å². The van der Waals surface area contributed by atoms with Gasteiger partial charge in [0.15, 0.2) is 0 Å². The number of hydrogen-bond donors (Lipinski definition) is 4. The van der Waals surface area contributed by atoms with E-state index in [-0.39, 0.29) is 41.9 Å². The predicted molar refractivity (Wildman–Crippen MR) is 272 cm³/mol. The van der Waals surface area contributed by atoms with E-state index in [2.05, 4.69) is 30.8 Å². The Balaban J connectivity index is 0.794. The minimum Gasteiger partial charge on any atom is -0.495 e. The van der Waals surface area contributed by atoms with Crippen molar-refractivity contribution in [3.8, 4) is 11.5 Å². The average Bonchev–Trinajstić information content (AvgIpc) is 4.11. The molecule has 4 N–H and O–H groups in total. The van der Waals surface area contributed by atoms with Crippen LogP contribution in [0.5, 0.6) is 11.5 Å². The van der Waals surface area contributed by atoms with Crippen LogP contribution in [0.4, 0.5) is 22.2 Å². The van der Waals surface area contributed by atoms with Crippen molar-refractivity contribution in [2.45, 2.75) is 70.0 Å². The summed E-state index contributed by atoms with van der Waals surface area (Å²) in [4.78, 5) is 86.3. The van der Waals surface area contributed by atoms with E-state index in [4.69, 9.17) is 35.5 Å². The van der Waals surface area contributed by atoms with Gasteiger partial charge >= 0.3 is 6.09 Å². The van der Waals surface area contributed by atoms with Gasteiger partial charge in [-0.2, -0.15) is 4.98 Å². The highest BCUT2D eigenvalue weighted by atomic mass is 35.5. The summed E-state index contributed by atoms with van der Waals surface area (Å²) in [5.74, 6) is 0.721. The first-order valence-corrected chi connectivity index (χ1v) is 25.7. The molecule has 3 atom stereocenters. The van der Waals surface area contributed by atoms with Crippen LogP contribution >= 0.6 is 22.9 Å². The summed E-state index contributed by atoms with van der Waals surface area (Å²) < 4.78 is 23.1. The molecular weight excluding hydrogens is 968 g/mol. The van der Waals surface area contributed by atoms with Gasteiger partial charge in [0, 0.05) is 69.9 Å². The van der Waals surface area contributed by atoms with Crippen LogP contribution in [-0.2, 0) is 19.1 Å². The van der Waals surface area contributed by atoms with E-state index in [1.807, 2.05) is 4.90 Å². The van der Waals surface area contributed by atoms with E-state index in [9.17, 15) is 29.1 Å². The van der Waals surface area contributed by atoms with Gasteiger partial charge in [0.05, 0.1) is 51.5 Å². The molecule has 20 nitrogen and oxygen atoms in total. The highest BCUT2D eigenvalue weighted by Crippen LogP contribution is 2.37. The molecule has 388 valence electrons. The van der Waals surface area contributed by atoms with Crippen molar-refractivity contribution in [1.29, 1.82) is 0 Å². The number of methoxy groups -OCH3 is 1. The Hall–Kier alpha value is -6.13. The van der Waals surface area contributed by atoms with Crippen LogP contribution in [-0.4, -0.2) is 175 Å². The van der Waals surface area contributed by atoms with Crippen LogP contribution in [0.1, 0.15) is 89.3 Å². The molecule has 3 fully saturated rings. The summed E-state index contributed by atoms with van der Waals surface area (Å²) in [5.41, 5.74) is 1.83. The van der Waals surface area contributed by atoms with Crippen molar-refractivity contribution in [3.63, 3.8) is 0 Å². The van der Waals surface area contributed by atoms with Gasteiger partial charge in [-0.25, -0.2) is 14.8 Å². The number of ketones is 1. The van der Waals surface area contributed by atoms with Crippen LogP contribution in [0.15, 0.2) is 54.0 Å². The maximum absolute atomic E-state index is 14.3. The number of nitrogens with one attached hydrogen (secondary N) is 3. The normalized spacial score (nSPS) is 17.2. The number of benzene rings is 2. The third kappa shape index (κ3) is 13.9. The molecule has 2 saturated heterocycles. The number of thiazole rings is 1. The summed E-state index contributed by atoms with van der Waals surface area (Å²) in [6.45, 7) is 7.30. The molecule has 3 aliphatic rings. The summed E-state index contributed by atoms with van der Waals surface area (Å²) in [6.07, 6.45) is 6.28. The van der Waals surface area contributed by atoms with E-state index in [0.29, 0.717) is 103 Å². The maximum atomic E-state index is 14.3. The lowest BCUT2D eigenvalue weighted by atomic mass is 9.83. The number of rotatable bonds is 23. The smallest absolute Gasteiger partial charge is 0.407 e. The molecule has 0 spiro atoms. The first-order valence-electron chi connectivity index (χ1n) is 24.5. The number of ether oxygens (including phenoxy) is 4. The molecule has 4 aromatic rings. The molecule has 4 amide bonds. The Morgan fingerprint density at radius 1 is 0.903 bits per heavy atom. The number of hydrogen-bond acceptors (Lipinski definition) is 16. The molecule has 0 radical (unpaired) electrons. The number of carbonyl (C=O) groups is 5. The molecule has 2 aliphatic heterocycles. The molecule has 1 saturated carbocycles. The van der Waals surface area contributed by atoms with E-state index in [0.717, 1.165) is 63.1 Å². The van der Waals surface area contributed by atoms with Crippen molar-refractivity contribution < 1.29 is 48.0 Å². The predicted octanol–water partition coefficient (Wildman–Crippen LogP) is 6.21. The topological polar surface area (TPSA) is 230 Å². The number of likely N-dealkylation sites (N-methyl/N-ethyl adjacent to an activating group) is 1. The Bertz CT molecular complexity index is 2500. The summed E-state index contributed by atoms with van der Waals surface area (Å²) >= 11 is 7.45. The number of likely N-dealkylation sites (tertiary alicyclic amines) is 1. The Labute approximate surface area is 428 Å². The largest absolute Gasteiger partial charge is 0.495 e. The lowest BCUT2D eigenvalue weighted by Crippen LogP contribution is -2.56. The summed E-state index contributed by atoms with van der Waals surface area (Å²) in [7, 11) is 4.60. The number of aromatic nitrogens is 3. The first-order chi connectivity index (χ1) is 34.8. The zero-order chi connectivity index (χ0) is 51.1. The molecule has 1 aliphatic carbocycles. The Morgan fingerprint density at radius 2 is 1.65 bits per heavy atom. The van der Waals surface area contributed by atoms with Gasteiger partial charge in [0.1, 0.15) is 51.7 Å². The van der Waals surface area contributed by atoms with E-state index >= 15 is 0 Å². The summed E-state index contributed by atoms with van der Waals surface area (Å²) in [5, 5.41) is 21.2. The van der Waals surface area contributed by atoms with Crippen molar-refractivity contribution in [1.82, 2.24) is 39.9 Å². The fourth-order valence-electron chi connectivity index (χ4n) is 9.09. The van der Waals surface area contributed by atoms with E-state index in [1.54, 1.807) is 66.9 Å². The quantitative estimate of drug-likeness (QED) is 0.0478. The number of piperazine rings is 1. The molecule has 7 rings (SSSR count). The zero-order valence-corrected chi connectivity index (χ0v) is 42.8. The molecular formula is C50H65ClN10O10S. The first kappa shape index (κ1) is 53.7. The van der Waals surface area contributed by atoms with Gasteiger partial charge in [-0.15, -0.1) is 11.3 Å². The number of halogens is 1. The molecule has 2 aromatic carbocycles. The second-order valence-corrected chi connectivity index (χ2v) is 19.3. The van der Waals surface area contributed by atoms with Gasteiger partial charge in [-0.3, -0.25) is 29.0 Å². The maximum Gasteiger partial charge on any atom is 0.407 e. The minimum atomic E-state index is -1.23. The second-order valence-electron chi connectivity index (χ2n) is 18.0. The molecule has 2 unspecified atom stereocenters. The highest BCUT2D eigenvalue weighted by Gasteiger charge is 2.41. The lowest BCUT2D eigenvalue weighted by molar-refractivity contribution is -0.140. The van der Waals surface area contributed by atoms with Crippen LogP contribution in [0.3, 0.4) is 0 Å². The number of anilines is 3. The number of amides is 4. The van der Waals surface area contributed by atoms with Gasteiger partial charge in [0.2, 0.25) is 23.5 Å². The van der Waals surface area contributed by atoms with Crippen molar-refractivity contribution in [2.75, 3.05) is 104 Å². The van der Waals surface area contributed by atoms with Crippen molar-refractivity contribution in [3.05, 3.63) is 80.9 Å². The fourth-order valence-corrected chi connectivity index (χ4v) is 10.2. The van der Waals surface area contributed by atoms with Crippen molar-refractivity contribution >= 4 is 70.0 Å². The minimum absolute atomic E-state index is 0.0563. The van der Waals surface area contributed by atoms with Gasteiger partial charge in [0.25, 0.3) is 5.91 Å². The Kier molecular flexibility index (Phi) is 19.4. The zero-order valence-electron chi connectivity index (χ0n) is 41.3. The van der Waals surface area contributed by atoms with Crippen LogP contribution < -0.4 is 25.4 Å². The van der Waals surface area contributed by atoms with E-state index in [1.165, 1.54) is 31.5 Å². The molecule has 0 bridgehead atoms. The SMILES string of the molecule is CNc1nc(Nc2ccc(C(=O)N3CCN(CCOCCOCCOc4cccc(C(=O)c5csc(C6CCCN6C(=O)[C@@H](NC(=O)C(C)N(C)C(=O)O)C6CCCCC6)n5)c4)CC3)cc2OC)ncc1Cl. The third-order valence-corrected chi connectivity index (χ3v) is 14.6. The van der Waals surface area contributed by atoms with Gasteiger partial charge in [-0.1, -0.05) is 43.0 Å². The summed E-state index contributed by atoms with van der Waals surface area (Å²) in [6, 6.07) is 10.1. The number of nitrogens with zero attached hydrogens (tertiary/aromatic N) is 7. The fraction of sp³-hybridized carbons (Fsp3) is 0.520. The highest BCUT2D eigenvalue weighted by molar-refractivity contribution is 7.10. The number of carboxylic acid groups (broad SMARTS) is 1. The molecule has 2 aromatic heterocycles. The monoisotopic (exact) mass is 1030 g/mol. The van der Waals surface area contributed by atoms with Crippen LogP contribution in [0.25, 0.3) is 0 Å². The molecule has 22 heteroatoms. The standard InChI is InChI=1S/C50H65ClN10O10S/c1-32(58(3)50(66)67)45(63)56-42(33-10-6-5-7-11-33)48(65)61-17-9-14-40(61)46-54-39(31-72-46)43(62)34-12-8-13-36(28-34)71-27-26-70-25-24-69-23-22-59-18-20-60(21-19-59)47(64)35-15-16-38(41(29-35)68-4)55-49-53-30-37(51)44(52-2)57-49/h8,12-13,15-16,28-33,40,42H,5-7,9-11,14,17-27H2,1-4H3,(H,56,63)(H,66,67)(H2,52,53,55,57)/t32?,40?,42-/m0/s1. The van der Waals surface area contributed by atoms with Gasteiger partial charge in [-0.05, 0) is 68.9 Å². The Morgan fingerprint density at radius 3 is 2.39 bits per heavy atom. The molecule has 4 heterocycles. The van der Waals surface area contributed by atoms with Crippen LogP contribution in [0, 0.1) is 5.92 Å². The lowest BCUT2D eigenvalue weighted by Gasteiger charge is -2.35. The molecule has 72 heavy (non-hydrogen) atoms. The van der Waals surface area contributed by atoms with Gasteiger partial charge < -0.3 is 49.8 Å². The number of carbonyl (C=O) groups excluding carboxylic acids is 4. The average molecular weight is 1030 g/mol. The van der Waals surface area contributed by atoms with Crippen LogP contribution in [0.2, 0.25) is 5.02 Å². The third-order valence-electron chi connectivity index (χ3n) is 13.4. The van der Waals surface area contributed by atoms with E-state index < -0.39 is 24.1 Å².